The van der Waals surface area contributed by atoms with Gasteiger partial charge in [-0.1, -0.05) is 112 Å². The number of para-hydroxylation sites is 1. The smallest absolute Gasteiger partial charge is 0.0573 e. The first-order valence-electron chi connectivity index (χ1n) is 13.0. The minimum absolute atomic E-state index is 0.476. The lowest BCUT2D eigenvalue weighted by Gasteiger charge is -2.33. The van der Waals surface area contributed by atoms with Gasteiger partial charge in [0.2, 0.25) is 0 Å². The van der Waals surface area contributed by atoms with Crippen molar-refractivity contribution in [1.29, 1.82) is 0 Å². The van der Waals surface area contributed by atoms with Gasteiger partial charge >= 0.3 is 0 Å². The van der Waals surface area contributed by atoms with Crippen molar-refractivity contribution in [1.82, 2.24) is 0 Å². The maximum Gasteiger partial charge on any atom is 0.0573 e. The molecule has 34 heavy (non-hydrogen) atoms. The van der Waals surface area contributed by atoms with Crippen molar-refractivity contribution in [2.45, 2.75) is 57.9 Å². The van der Waals surface area contributed by atoms with E-state index >= 15 is 0 Å². The van der Waals surface area contributed by atoms with E-state index in [0.717, 1.165) is 12.8 Å². The minimum atomic E-state index is 0.476. The predicted molar refractivity (Wildman–Crippen MR) is 148 cm³/mol. The number of allylic oxidation sites excluding steroid dienone is 4. The monoisotopic (exact) mass is 443 g/mol. The molecule has 0 saturated heterocycles. The van der Waals surface area contributed by atoms with Crippen LogP contribution < -0.4 is 4.90 Å². The topological polar surface area (TPSA) is 3.24 Å². The molecule has 170 valence electrons. The first-order valence-corrected chi connectivity index (χ1v) is 13.0. The highest BCUT2D eigenvalue weighted by Crippen LogP contribution is 2.52. The third-order valence-electron chi connectivity index (χ3n) is 7.88. The highest BCUT2D eigenvalue weighted by Gasteiger charge is 2.37. The van der Waals surface area contributed by atoms with Gasteiger partial charge in [-0.2, -0.15) is 0 Å². The Morgan fingerprint density at radius 2 is 1.44 bits per heavy atom. The molecule has 1 aliphatic carbocycles. The molecule has 2 aliphatic rings. The maximum atomic E-state index is 2.70. The van der Waals surface area contributed by atoms with Crippen LogP contribution in [-0.2, 0) is 0 Å². The van der Waals surface area contributed by atoms with Gasteiger partial charge in [0.05, 0.1) is 5.69 Å². The summed E-state index contributed by atoms with van der Waals surface area (Å²) in [5, 5.41) is 5.45. The van der Waals surface area contributed by atoms with Crippen molar-refractivity contribution >= 4 is 38.5 Å². The van der Waals surface area contributed by atoms with Crippen molar-refractivity contribution in [2.75, 3.05) is 4.90 Å². The van der Waals surface area contributed by atoms with Crippen LogP contribution >= 0.6 is 0 Å². The van der Waals surface area contributed by atoms with Crippen LogP contribution in [0.4, 0.5) is 11.4 Å². The molecular formula is C33H33N. The molecule has 2 unspecified atom stereocenters. The molecule has 1 heteroatoms. The average Bonchev–Trinajstić information content (AvgIpc) is 3.17. The van der Waals surface area contributed by atoms with E-state index < -0.39 is 0 Å². The summed E-state index contributed by atoms with van der Waals surface area (Å²) < 4.78 is 0. The second-order valence-corrected chi connectivity index (χ2v) is 9.88. The second kappa shape index (κ2) is 8.80. The molecule has 0 N–H and O–H groups in total. The molecule has 1 aliphatic heterocycles. The van der Waals surface area contributed by atoms with Gasteiger partial charge in [-0.25, -0.2) is 0 Å². The van der Waals surface area contributed by atoms with Crippen LogP contribution in [0.3, 0.4) is 0 Å². The van der Waals surface area contributed by atoms with Crippen LogP contribution in [0.25, 0.3) is 27.1 Å². The summed E-state index contributed by atoms with van der Waals surface area (Å²) in [6.45, 7) is 4.73. The average molecular weight is 444 g/mol. The van der Waals surface area contributed by atoms with Crippen LogP contribution in [0, 0.1) is 0 Å². The number of hydrogen-bond acceptors (Lipinski definition) is 1. The fraction of sp³-hybridized carbons (Fsp3) is 0.273. The van der Waals surface area contributed by atoms with E-state index in [1.165, 1.54) is 68.9 Å². The highest BCUT2D eigenvalue weighted by molar-refractivity contribution is 6.19. The molecule has 4 aromatic rings. The molecule has 1 heterocycles. The molecule has 0 fully saturated rings. The number of rotatable bonds is 5. The van der Waals surface area contributed by atoms with E-state index in [-0.39, 0.29) is 0 Å². The molecular weight excluding hydrogens is 410 g/mol. The molecule has 0 amide bonds. The number of nitrogens with zero attached hydrogens (tertiary/aromatic N) is 1. The van der Waals surface area contributed by atoms with E-state index in [2.05, 4.69) is 110 Å². The van der Waals surface area contributed by atoms with Crippen molar-refractivity contribution in [3.05, 3.63) is 102 Å². The Bertz CT molecular complexity index is 1370. The zero-order valence-electron chi connectivity index (χ0n) is 20.3. The number of anilines is 2. The fourth-order valence-electron chi connectivity index (χ4n) is 6.25. The van der Waals surface area contributed by atoms with Crippen LogP contribution in [0.2, 0.25) is 0 Å². The van der Waals surface area contributed by atoms with Gasteiger partial charge in [0.1, 0.15) is 0 Å². The largest absolute Gasteiger partial charge is 0.337 e. The van der Waals surface area contributed by atoms with Crippen LogP contribution in [-0.4, -0.2) is 6.04 Å². The van der Waals surface area contributed by atoms with Gasteiger partial charge in [-0.15, -0.1) is 0 Å². The number of fused-ring (bicyclic) bond motifs is 3. The molecule has 2 atom stereocenters. The molecule has 6 rings (SSSR count). The Kier molecular flexibility index (Phi) is 5.49. The summed E-state index contributed by atoms with van der Waals surface area (Å²) in [4.78, 5) is 2.70. The van der Waals surface area contributed by atoms with Gasteiger partial charge in [-0.05, 0) is 52.8 Å². The quantitative estimate of drug-likeness (QED) is 0.278. The zero-order valence-corrected chi connectivity index (χ0v) is 20.3. The van der Waals surface area contributed by atoms with Crippen molar-refractivity contribution in [3.8, 4) is 0 Å². The highest BCUT2D eigenvalue weighted by atomic mass is 15.2. The molecule has 0 spiro atoms. The second-order valence-electron chi connectivity index (χ2n) is 9.88. The Morgan fingerprint density at radius 1 is 0.794 bits per heavy atom. The molecule has 1 nitrogen and oxygen atoms in total. The molecule has 0 bridgehead atoms. The lowest BCUT2D eigenvalue weighted by Crippen LogP contribution is -2.29. The van der Waals surface area contributed by atoms with E-state index in [9.17, 15) is 0 Å². The van der Waals surface area contributed by atoms with Crippen molar-refractivity contribution < 1.29 is 0 Å². The normalized spacial score (nSPS) is 19.6. The van der Waals surface area contributed by atoms with E-state index in [0.29, 0.717) is 12.0 Å². The van der Waals surface area contributed by atoms with E-state index in [4.69, 9.17) is 0 Å². The van der Waals surface area contributed by atoms with Gasteiger partial charge in [0.25, 0.3) is 0 Å². The van der Waals surface area contributed by atoms with Crippen molar-refractivity contribution in [3.63, 3.8) is 0 Å². The first kappa shape index (κ1) is 21.2. The molecule has 0 radical (unpaired) electrons. The molecule has 0 aromatic heterocycles. The third-order valence-corrected chi connectivity index (χ3v) is 7.88. The summed E-state index contributed by atoms with van der Waals surface area (Å²) in [7, 11) is 0. The van der Waals surface area contributed by atoms with Crippen LogP contribution in [0.5, 0.6) is 0 Å². The summed E-state index contributed by atoms with van der Waals surface area (Å²) in [5.41, 5.74) is 7.00. The third kappa shape index (κ3) is 3.29. The van der Waals surface area contributed by atoms with Gasteiger partial charge in [0, 0.05) is 28.4 Å². The number of unbranched alkanes of at least 4 members (excludes halogenated alkanes) is 1. The summed E-state index contributed by atoms with van der Waals surface area (Å²) in [5.74, 6) is 0.518. The van der Waals surface area contributed by atoms with E-state index in [1.54, 1.807) is 0 Å². The number of benzene rings is 4. The Balaban J connectivity index is 1.70. The lowest BCUT2D eigenvalue weighted by molar-refractivity contribution is 0.527. The van der Waals surface area contributed by atoms with Gasteiger partial charge in [0.15, 0.2) is 0 Å². The Hall–Kier alpha value is -3.32. The predicted octanol–water partition coefficient (Wildman–Crippen LogP) is 9.54. The molecule has 4 aromatic carbocycles. The standard InChI is InChI=1S/C33H33N/c1-3-4-21-30-23(2)25-16-12-13-22-31(25)34(30)33-28-19-10-8-17-26(28)32(24-14-6-5-7-15-24)27-18-9-11-20-29(27)33/h6,8-20,22-23,30H,3-5,7,21H2,1-2H3. The molecule has 0 saturated carbocycles. The summed E-state index contributed by atoms with van der Waals surface area (Å²) in [6, 6.07) is 27.7. The summed E-state index contributed by atoms with van der Waals surface area (Å²) >= 11 is 0. The first-order chi connectivity index (χ1) is 16.8. The van der Waals surface area contributed by atoms with Gasteiger partial charge in [-0.3, -0.25) is 0 Å². The maximum absolute atomic E-state index is 2.70. The number of hydrogen-bond donors (Lipinski definition) is 0. The van der Waals surface area contributed by atoms with Crippen LogP contribution in [0.15, 0.2) is 91.0 Å². The van der Waals surface area contributed by atoms with Gasteiger partial charge < -0.3 is 4.90 Å². The van der Waals surface area contributed by atoms with Crippen LogP contribution in [0.1, 0.15) is 63.0 Å². The fourth-order valence-corrected chi connectivity index (χ4v) is 6.25. The summed E-state index contributed by atoms with van der Waals surface area (Å²) in [6.07, 6.45) is 13.0. The van der Waals surface area contributed by atoms with E-state index in [1.807, 2.05) is 0 Å². The Morgan fingerprint density at radius 3 is 2.09 bits per heavy atom. The zero-order chi connectivity index (χ0) is 23.1. The van der Waals surface area contributed by atoms with Crippen molar-refractivity contribution in [2.24, 2.45) is 0 Å². The SMILES string of the molecule is CCCCC1C(C)c2ccccc2N1c1c2ccccc2c(C2=CCCC=C2)c2ccccc12. The minimum Gasteiger partial charge on any atom is -0.337 e. The lowest BCUT2D eigenvalue weighted by atomic mass is 9.87. The Labute approximate surface area is 203 Å².